The van der Waals surface area contributed by atoms with E-state index in [1.165, 1.54) is 0 Å². The topological polar surface area (TPSA) is 54.5 Å². The zero-order valence-electron chi connectivity index (χ0n) is 16.8. The summed E-state index contributed by atoms with van der Waals surface area (Å²) in [6.45, 7) is 6.76. The number of benzene rings is 1. The molecule has 3 rings (SSSR count). The third-order valence-electron chi connectivity index (χ3n) is 5.79. The molecule has 28 heavy (non-hydrogen) atoms. The number of nitrogens with zero attached hydrogens (tertiary/aromatic N) is 1. The van der Waals surface area contributed by atoms with Gasteiger partial charge in [0.15, 0.2) is 11.6 Å². The molecule has 0 spiro atoms. The lowest BCUT2D eigenvalue weighted by atomic mass is 9.76. The fraction of sp³-hybridized carbons (Fsp3) is 0.435. The van der Waals surface area contributed by atoms with E-state index in [0.29, 0.717) is 35.1 Å². The van der Waals surface area contributed by atoms with E-state index in [1.54, 1.807) is 20.8 Å². The van der Waals surface area contributed by atoms with E-state index in [1.807, 2.05) is 47.0 Å². The van der Waals surface area contributed by atoms with Crippen LogP contribution in [-0.2, 0) is 14.4 Å². The van der Waals surface area contributed by atoms with Gasteiger partial charge in [0.2, 0.25) is 5.91 Å². The number of allylic oxidation sites excluding steroid dienone is 4. The third kappa shape index (κ3) is 4.14. The summed E-state index contributed by atoms with van der Waals surface area (Å²) in [5, 5.41) is 0. The maximum absolute atomic E-state index is 13.1. The van der Waals surface area contributed by atoms with Crippen molar-refractivity contribution < 1.29 is 14.4 Å². The van der Waals surface area contributed by atoms with E-state index in [4.69, 9.17) is 0 Å². The van der Waals surface area contributed by atoms with Crippen LogP contribution in [0.4, 0.5) is 0 Å². The van der Waals surface area contributed by atoms with Crippen molar-refractivity contribution in [1.29, 1.82) is 0 Å². The predicted molar refractivity (Wildman–Crippen MR) is 113 cm³/mol. The van der Waals surface area contributed by atoms with Crippen molar-refractivity contribution in [3.63, 3.8) is 0 Å². The largest absolute Gasteiger partial charge is 0.341 e. The number of carbonyl (C=O) groups excluding carboxylic acids is 3. The number of hydrogen-bond donors (Lipinski definition) is 0. The highest BCUT2D eigenvalue weighted by Crippen LogP contribution is 2.37. The van der Waals surface area contributed by atoms with Gasteiger partial charge >= 0.3 is 0 Å². The lowest BCUT2D eigenvalue weighted by molar-refractivity contribution is -0.131. The summed E-state index contributed by atoms with van der Waals surface area (Å²) in [5.74, 6) is 1.72. The fourth-order valence-electron chi connectivity index (χ4n) is 3.94. The molecular weight excluding hydrogens is 370 g/mol. The van der Waals surface area contributed by atoms with Crippen molar-refractivity contribution >= 4 is 29.2 Å². The second kappa shape index (κ2) is 8.91. The Balaban J connectivity index is 1.89. The molecule has 1 aliphatic carbocycles. The van der Waals surface area contributed by atoms with Crippen molar-refractivity contribution in [2.75, 3.05) is 24.6 Å². The molecule has 1 heterocycles. The molecule has 1 aliphatic heterocycles. The van der Waals surface area contributed by atoms with Gasteiger partial charge < -0.3 is 4.90 Å². The van der Waals surface area contributed by atoms with Crippen molar-refractivity contribution in [2.45, 2.75) is 39.5 Å². The summed E-state index contributed by atoms with van der Waals surface area (Å²) >= 11 is 1.87. The first kappa shape index (κ1) is 20.6. The molecule has 0 N–H and O–H groups in total. The molecule has 2 aliphatic rings. The number of rotatable bonds is 5. The first-order valence-corrected chi connectivity index (χ1v) is 11.0. The maximum Gasteiger partial charge on any atom is 0.222 e. The van der Waals surface area contributed by atoms with Crippen LogP contribution in [0.1, 0.15) is 45.1 Å². The van der Waals surface area contributed by atoms with E-state index in [0.717, 1.165) is 30.2 Å². The zero-order chi connectivity index (χ0) is 20.3. The molecule has 1 aromatic carbocycles. The van der Waals surface area contributed by atoms with Crippen LogP contribution in [0.25, 0.3) is 0 Å². The normalized spacial score (nSPS) is 19.3. The van der Waals surface area contributed by atoms with Crippen LogP contribution in [-0.4, -0.2) is 47.0 Å². The smallest absolute Gasteiger partial charge is 0.222 e. The van der Waals surface area contributed by atoms with Crippen LogP contribution in [0.3, 0.4) is 0 Å². The van der Waals surface area contributed by atoms with Gasteiger partial charge in [0.1, 0.15) is 0 Å². The van der Waals surface area contributed by atoms with Crippen LogP contribution < -0.4 is 0 Å². The Morgan fingerprint density at radius 3 is 2.21 bits per heavy atom. The number of ketones is 2. The molecule has 1 amide bonds. The molecule has 1 aromatic rings. The number of hydrogen-bond acceptors (Lipinski definition) is 4. The van der Waals surface area contributed by atoms with Gasteiger partial charge in [-0.25, -0.2) is 0 Å². The van der Waals surface area contributed by atoms with E-state index < -0.39 is 0 Å². The molecule has 1 fully saturated rings. The molecular formula is C23H27NO3S. The van der Waals surface area contributed by atoms with Crippen LogP contribution in [0, 0.1) is 0 Å². The Labute approximate surface area is 171 Å². The van der Waals surface area contributed by atoms with E-state index in [-0.39, 0.29) is 23.4 Å². The Morgan fingerprint density at radius 2 is 1.57 bits per heavy atom. The molecule has 0 radical (unpaired) electrons. The van der Waals surface area contributed by atoms with Gasteiger partial charge in [-0.15, -0.1) is 0 Å². The number of carbonyl (C=O) groups is 3. The number of amides is 1. The lowest BCUT2D eigenvalue weighted by Crippen LogP contribution is -2.38. The van der Waals surface area contributed by atoms with Crippen LogP contribution in [0.15, 0.2) is 52.6 Å². The third-order valence-corrected chi connectivity index (χ3v) is 6.74. The van der Waals surface area contributed by atoms with E-state index >= 15 is 0 Å². The van der Waals surface area contributed by atoms with Crippen LogP contribution in [0.5, 0.6) is 0 Å². The highest BCUT2D eigenvalue weighted by atomic mass is 32.2. The minimum Gasteiger partial charge on any atom is -0.341 e. The minimum absolute atomic E-state index is 0.0626. The second-order valence-corrected chi connectivity index (χ2v) is 8.67. The average molecular weight is 398 g/mol. The van der Waals surface area contributed by atoms with Crippen molar-refractivity contribution in [2.24, 2.45) is 0 Å². The maximum atomic E-state index is 13.1. The van der Waals surface area contributed by atoms with Crippen molar-refractivity contribution in [3.8, 4) is 0 Å². The first-order valence-electron chi connectivity index (χ1n) is 9.80. The first-order chi connectivity index (χ1) is 13.4. The Bertz CT molecular complexity index is 848. The van der Waals surface area contributed by atoms with Crippen LogP contribution >= 0.6 is 11.8 Å². The monoisotopic (exact) mass is 397 g/mol. The highest BCUT2D eigenvalue weighted by molar-refractivity contribution is 7.99. The lowest BCUT2D eigenvalue weighted by Gasteiger charge is -2.29. The summed E-state index contributed by atoms with van der Waals surface area (Å²) in [6, 6.07) is 9.76. The molecule has 4 nitrogen and oxygen atoms in total. The SMILES string of the molecule is CC1=C(C)C(=O)C(C(CCC(=O)N2CCSCC2)c2ccccc2)=C(C)C1=O. The van der Waals surface area contributed by atoms with E-state index in [2.05, 4.69) is 0 Å². The zero-order valence-corrected chi connectivity index (χ0v) is 17.6. The summed E-state index contributed by atoms with van der Waals surface area (Å²) in [5.41, 5.74) is 3.10. The Hall–Kier alpha value is -2.14. The van der Waals surface area contributed by atoms with E-state index in [9.17, 15) is 14.4 Å². The summed E-state index contributed by atoms with van der Waals surface area (Å²) in [7, 11) is 0. The molecule has 1 unspecified atom stereocenters. The molecule has 0 aromatic heterocycles. The van der Waals surface area contributed by atoms with Crippen molar-refractivity contribution in [1.82, 2.24) is 4.90 Å². The summed E-state index contributed by atoms with van der Waals surface area (Å²) in [4.78, 5) is 40.4. The van der Waals surface area contributed by atoms with Gasteiger partial charge in [-0.3, -0.25) is 14.4 Å². The molecule has 0 bridgehead atoms. The highest BCUT2D eigenvalue weighted by Gasteiger charge is 2.33. The van der Waals surface area contributed by atoms with Gasteiger partial charge in [0.05, 0.1) is 0 Å². The minimum atomic E-state index is -0.246. The van der Waals surface area contributed by atoms with Gasteiger partial charge in [0, 0.05) is 59.2 Å². The predicted octanol–water partition coefficient (Wildman–Crippen LogP) is 3.93. The molecule has 1 atom stereocenters. The second-order valence-electron chi connectivity index (χ2n) is 7.44. The number of thioether (sulfide) groups is 1. The van der Waals surface area contributed by atoms with Gasteiger partial charge in [-0.2, -0.15) is 11.8 Å². The standard InChI is InChI=1S/C23H27NO3S/c1-15-16(2)23(27)21(17(3)22(15)26)19(18-7-5-4-6-8-18)9-10-20(25)24-11-13-28-14-12-24/h4-8,19H,9-14H2,1-3H3. The molecule has 148 valence electrons. The van der Waals surface area contributed by atoms with Gasteiger partial charge in [-0.05, 0) is 32.8 Å². The molecule has 1 saturated heterocycles. The molecule has 0 saturated carbocycles. The van der Waals surface area contributed by atoms with Crippen LogP contribution in [0.2, 0.25) is 0 Å². The van der Waals surface area contributed by atoms with Crippen molar-refractivity contribution in [3.05, 3.63) is 58.2 Å². The summed E-state index contributed by atoms with van der Waals surface area (Å²) < 4.78 is 0. The fourth-order valence-corrected chi connectivity index (χ4v) is 4.84. The summed E-state index contributed by atoms with van der Waals surface area (Å²) in [6.07, 6.45) is 0.911. The molecule has 5 heteroatoms. The quantitative estimate of drug-likeness (QED) is 0.707. The van der Waals surface area contributed by atoms with Gasteiger partial charge in [-0.1, -0.05) is 30.3 Å². The Kier molecular flexibility index (Phi) is 6.55. The van der Waals surface area contributed by atoms with Gasteiger partial charge in [0.25, 0.3) is 0 Å². The Morgan fingerprint density at radius 1 is 0.964 bits per heavy atom. The number of Topliss-reactive ketones (excluding diaryl/α,β-unsaturated/α-hetero) is 2. The average Bonchev–Trinajstić information content (AvgIpc) is 2.74.